The maximum atomic E-state index is 11.9. The number of allylic oxidation sites excluding steroid dienone is 4. The van der Waals surface area contributed by atoms with E-state index >= 15 is 0 Å². The summed E-state index contributed by atoms with van der Waals surface area (Å²) in [6.07, 6.45) is 15.4. The molecule has 2 fully saturated rings. The van der Waals surface area contributed by atoms with Gasteiger partial charge in [0.1, 0.15) is 6.10 Å². The summed E-state index contributed by atoms with van der Waals surface area (Å²) in [4.78, 5) is 11.9. The second-order valence-corrected chi connectivity index (χ2v) is 27.6. The van der Waals surface area contributed by atoms with Crippen LogP contribution in [-0.4, -0.2) is 64.3 Å². The van der Waals surface area contributed by atoms with Crippen LogP contribution in [0.15, 0.2) is 47.6 Å². The predicted molar refractivity (Wildman–Crippen MR) is 204 cm³/mol. The number of ether oxygens (including phenoxy) is 2. The van der Waals surface area contributed by atoms with Gasteiger partial charge in [-0.3, -0.25) is 4.79 Å². The fourth-order valence-corrected chi connectivity index (χ4v) is 9.18. The molecule has 1 saturated heterocycles. The number of aliphatic carboxylic acids is 1. The van der Waals surface area contributed by atoms with Gasteiger partial charge in [0.2, 0.25) is 0 Å². The molecular formula is C40H70O6Si2. The Morgan fingerprint density at radius 1 is 1.00 bits per heavy atom. The van der Waals surface area contributed by atoms with Crippen molar-refractivity contribution in [1.82, 2.24) is 0 Å². The maximum Gasteiger partial charge on any atom is 0.305 e. The average molecular weight is 703 g/mol. The van der Waals surface area contributed by atoms with Crippen LogP contribution < -0.4 is 0 Å². The van der Waals surface area contributed by atoms with Crippen molar-refractivity contribution in [2.24, 2.45) is 23.7 Å². The zero-order valence-electron chi connectivity index (χ0n) is 33.1. The summed E-state index contributed by atoms with van der Waals surface area (Å²) in [5, 5.41) is 9.78. The Labute approximate surface area is 296 Å². The van der Waals surface area contributed by atoms with Gasteiger partial charge in [0, 0.05) is 6.42 Å². The minimum Gasteiger partial charge on any atom is -0.481 e. The number of carboxylic acids is 1. The summed E-state index contributed by atoms with van der Waals surface area (Å²) >= 11 is 0. The smallest absolute Gasteiger partial charge is 0.305 e. The molecule has 2 heterocycles. The molecule has 10 atom stereocenters. The maximum absolute atomic E-state index is 11.9. The van der Waals surface area contributed by atoms with Crippen molar-refractivity contribution in [2.75, 3.05) is 0 Å². The first-order valence-electron chi connectivity index (χ1n) is 18.6. The molecule has 6 nitrogen and oxygen atoms in total. The van der Waals surface area contributed by atoms with Gasteiger partial charge in [-0.1, -0.05) is 98.8 Å². The molecule has 48 heavy (non-hydrogen) atoms. The first-order chi connectivity index (χ1) is 22.0. The summed E-state index contributed by atoms with van der Waals surface area (Å²) in [5.41, 5.74) is 2.66. The van der Waals surface area contributed by atoms with Crippen LogP contribution >= 0.6 is 0 Å². The third-order valence-corrected chi connectivity index (χ3v) is 21.0. The van der Waals surface area contributed by atoms with E-state index in [1.54, 1.807) is 0 Å². The van der Waals surface area contributed by atoms with Crippen molar-refractivity contribution in [1.29, 1.82) is 0 Å². The van der Waals surface area contributed by atoms with E-state index in [9.17, 15) is 9.90 Å². The lowest BCUT2D eigenvalue weighted by atomic mass is 9.95. The lowest BCUT2D eigenvalue weighted by molar-refractivity contribution is -0.158. The van der Waals surface area contributed by atoms with E-state index in [4.69, 9.17) is 18.3 Å². The zero-order valence-corrected chi connectivity index (χ0v) is 35.1. The Morgan fingerprint density at radius 2 is 1.58 bits per heavy atom. The largest absolute Gasteiger partial charge is 0.481 e. The van der Waals surface area contributed by atoms with E-state index in [1.807, 2.05) is 0 Å². The van der Waals surface area contributed by atoms with Gasteiger partial charge in [-0.25, -0.2) is 0 Å². The second kappa shape index (κ2) is 15.9. The topological polar surface area (TPSA) is 74.2 Å². The molecule has 2 aliphatic heterocycles. The first-order valence-corrected chi connectivity index (χ1v) is 24.4. The fourth-order valence-electron chi connectivity index (χ4n) is 6.52. The SMILES string of the molecule is CC[C@H]1O[C@@H](/C(C)=C/[C@H](C)/C=C/[C@H]2[C@@H](C)[C@@H]2/C=C/[C@@H]2O[C@H](CC(=O)O)C[C@H](O[Si](C)(C)C(C)(C)C)[C@H]2O[Si](C)(C)C(C)(C)C)CC=C1C. The molecule has 0 spiro atoms. The van der Waals surface area contributed by atoms with Crippen molar-refractivity contribution < 1.29 is 28.2 Å². The van der Waals surface area contributed by atoms with E-state index in [1.165, 1.54) is 11.1 Å². The second-order valence-electron chi connectivity index (χ2n) is 18.1. The van der Waals surface area contributed by atoms with Gasteiger partial charge in [0.25, 0.3) is 0 Å². The molecule has 8 heteroatoms. The van der Waals surface area contributed by atoms with Crippen LogP contribution in [0.2, 0.25) is 36.3 Å². The molecule has 0 radical (unpaired) electrons. The van der Waals surface area contributed by atoms with E-state index < -0.39 is 28.7 Å². The fraction of sp³-hybridized carbons (Fsp3) is 0.775. The number of hydrogen-bond donors (Lipinski definition) is 1. The van der Waals surface area contributed by atoms with E-state index in [0.29, 0.717) is 30.1 Å². The number of carbonyl (C=O) groups is 1. The van der Waals surface area contributed by atoms with Crippen molar-refractivity contribution in [3.05, 3.63) is 47.6 Å². The molecule has 1 N–H and O–H groups in total. The molecule has 0 bridgehead atoms. The Balaban J connectivity index is 1.81. The van der Waals surface area contributed by atoms with Gasteiger partial charge < -0.3 is 23.4 Å². The molecule has 3 aliphatic rings. The normalized spacial score (nSPS) is 33.3. The third kappa shape index (κ3) is 10.6. The Kier molecular flexibility index (Phi) is 13.7. The van der Waals surface area contributed by atoms with Crippen molar-refractivity contribution >= 4 is 22.6 Å². The predicted octanol–water partition coefficient (Wildman–Crippen LogP) is 10.5. The van der Waals surface area contributed by atoms with Gasteiger partial charge in [-0.15, -0.1) is 0 Å². The molecule has 1 saturated carbocycles. The number of rotatable bonds is 13. The standard InChI is InChI=1S/C40H70O6Si2/c1-16-33-27(3)18-21-34(44-33)28(4)23-26(2)17-19-31-29(5)32(31)20-22-35-38(46-48(14,15)40(9,10)11)36(24-30(43-35)25-37(41)42)45-47(12,13)39(6,7)8/h17-20,22-23,26,29-36,38H,16,21,24-25H2,1-15H3,(H,41,42)/b19-17+,22-20+,28-23+/t26-,29-,30+,31+,32+,33-,34-,35+,36+,38+/m1/s1. The van der Waals surface area contributed by atoms with E-state index in [-0.39, 0.29) is 47.0 Å². The summed E-state index contributed by atoms with van der Waals surface area (Å²) in [7, 11) is -4.38. The molecule has 1 aliphatic carbocycles. The van der Waals surface area contributed by atoms with Crippen molar-refractivity contribution in [3.8, 4) is 0 Å². The van der Waals surface area contributed by atoms with Gasteiger partial charge in [0.15, 0.2) is 16.6 Å². The van der Waals surface area contributed by atoms with Crippen LogP contribution in [-0.2, 0) is 23.1 Å². The summed E-state index contributed by atoms with van der Waals surface area (Å²) in [6, 6.07) is 0. The lowest BCUT2D eigenvalue weighted by Crippen LogP contribution is -2.59. The first kappa shape index (κ1) is 41.1. The highest BCUT2D eigenvalue weighted by atomic mass is 28.4. The molecule has 0 aromatic heterocycles. The van der Waals surface area contributed by atoms with Crippen molar-refractivity contribution in [2.45, 2.75) is 175 Å². The van der Waals surface area contributed by atoms with Crippen LogP contribution in [0.4, 0.5) is 0 Å². The third-order valence-electron chi connectivity index (χ3n) is 12.0. The molecule has 274 valence electrons. The molecule has 0 unspecified atom stereocenters. The monoisotopic (exact) mass is 702 g/mol. The Bertz CT molecular complexity index is 1220. The van der Waals surface area contributed by atoms with E-state index in [2.05, 4.69) is 139 Å². The summed E-state index contributed by atoms with van der Waals surface area (Å²) in [5.74, 6) is 0.898. The minimum absolute atomic E-state index is 0.0154. The van der Waals surface area contributed by atoms with Crippen molar-refractivity contribution in [3.63, 3.8) is 0 Å². The van der Waals surface area contributed by atoms with Crippen LogP contribution in [0.1, 0.15) is 102 Å². The van der Waals surface area contributed by atoms with Crippen LogP contribution in [0.25, 0.3) is 0 Å². The molecule has 0 aromatic carbocycles. The average Bonchev–Trinajstić information content (AvgIpc) is 3.57. The zero-order chi connectivity index (χ0) is 36.4. The van der Waals surface area contributed by atoms with Crippen LogP contribution in [0.5, 0.6) is 0 Å². The Hall–Kier alpha value is -1.30. The molecular weight excluding hydrogens is 633 g/mol. The highest BCUT2D eigenvalue weighted by Crippen LogP contribution is 2.49. The Morgan fingerprint density at radius 3 is 2.15 bits per heavy atom. The van der Waals surface area contributed by atoms with Gasteiger partial charge in [-0.2, -0.15) is 0 Å². The molecule has 3 rings (SSSR count). The highest BCUT2D eigenvalue weighted by Gasteiger charge is 2.50. The number of hydrogen-bond acceptors (Lipinski definition) is 5. The quantitative estimate of drug-likeness (QED) is 0.152. The highest BCUT2D eigenvalue weighted by molar-refractivity contribution is 6.74. The van der Waals surface area contributed by atoms with Gasteiger partial charge >= 0.3 is 5.97 Å². The molecule has 0 amide bonds. The lowest BCUT2D eigenvalue weighted by Gasteiger charge is -2.49. The summed E-state index contributed by atoms with van der Waals surface area (Å²) in [6.45, 7) is 33.7. The van der Waals surface area contributed by atoms with Crippen LogP contribution in [0, 0.1) is 23.7 Å². The van der Waals surface area contributed by atoms with Gasteiger partial charge in [0.05, 0.1) is 36.9 Å². The summed E-state index contributed by atoms with van der Waals surface area (Å²) < 4.78 is 27.2. The van der Waals surface area contributed by atoms with E-state index in [0.717, 1.165) is 12.8 Å². The van der Waals surface area contributed by atoms with Gasteiger partial charge in [-0.05, 0) is 97.8 Å². The van der Waals surface area contributed by atoms with Crippen LogP contribution in [0.3, 0.4) is 0 Å². The number of carboxylic acid groups (broad SMARTS) is 1. The minimum atomic E-state index is -2.20. The molecule has 0 aromatic rings.